The Hall–Kier alpha value is -3.28. The predicted octanol–water partition coefficient (Wildman–Crippen LogP) is 4.32. The van der Waals surface area contributed by atoms with E-state index >= 15 is 0 Å². The van der Waals surface area contributed by atoms with Crippen molar-refractivity contribution < 1.29 is 41.0 Å². The van der Waals surface area contributed by atoms with Crippen LogP contribution in [0, 0.1) is 17.6 Å². The number of anilines is 1. The normalized spacial score (nSPS) is 24.5. The molecule has 35 heavy (non-hydrogen) atoms. The molecule has 3 rings (SSSR count). The molecule has 2 amide bonds. The highest BCUT2D eigenvalue weighted by Crippen LogP contribution is 2.55. The molecule has 0 spiro atoms. The van der Waals surface area contributed by atoms with Gasteiger partial charge in [-0.25, -0.2) is 4.39 Å². The van der Waals surface area contributed by atoms with Gasteiger partial charge in [0.2, 0.25) is 5.82 Å². The number of hydrogen-bond donors (Lipinski definition) is 2. The highest BCUT2D eigenvalue weighted by Gasteiger charge is 2.66. The van der Waals surface area contributed by atoms with Crippen LogP contribution >= 0.6 is 0 Å². The molecular weight excluding hydrogens is 477 g/mol. The Balaban J connectivity index is 2.10. The molecule has 2 aromatic rings. The van der Waals surface area contributed by atoms with E-state index in [9.17, 15) is 31.5 Å². The van der Waals surface area contributed by atoms with Crippen LogP contribution in [0.1, 0.15) is 49.7 Å². The lowest BCUT2D eigenvalue weighted by Gasteiger charge is -2.32. The Kier molecular flexibility index (Phi) is 7.07. The molecule has 0 bridgehead atoms. The summed E-state index contributed by atoms with van der Waals surface area (Å²) in [5, 5.41) is 2.39. The number of pyridine rings is 1. The summed E-state index contributed by atoms with van der Waals surface area (Å²) in [6, 6.07) is 4.28. The number of nitrogens with zero attached hydrogens (tertiary/aromatic N) is 1. The molecule has 1 saturated heterocycles. The topological polar surface area (TPSA) is 104 Å². The third kappa shape index (κ3) is 4.93. The van der Waals surface area contributed by atoms with E-state index in [-0.39, 0.29) is 16.9 Å². The number of benzene rings is 1. The molecule has 2 heterocycles. The van der Waals surface area contributed by atoms with Gasteiger partial charge in [-0.15, -0.1) is 0 Å². The van der Waals surface area contributed by atoms with Crippen LogP contribution in [0.5, 0.6) is 5.75 Å². The average molecular weight is 501 g/mol. The smallest absolute Gasteiger partial charge is 0.417 e. The van der Waals surface area contributed by atoms with E-state index in [1.165, 1.54) is 33.0 Å². The number of carbonyl (C=O) groups is 2. The number of aromatic nitrogens is 1. The monoisotopic (exact) mass is 501 g/mol. The van der Waals surface area contributed by atoms with Crippen molar-refractivity contribution in [2.24, 2.45) is 11.7 Å². The van der Waals surface area contributed by atoms with Gasteiger partial charge in [-0.3, -0.25) is 14.6 Å². The molecule has 1 fully saturated rings. The number of amides is 2. The van der Waals surface area contributed by atoms with E-state index in [4.69, 9.17) is 15.2 Å². The van der Waals surface area contributed by atoms with Crippen molar-refractivity contribution in [1.82, 2.24) is 4.98 Å². The van der Waals surface area contributed by atoms with Gasteiger partial charge in [0.05, 0.1) is 6.10 Å². The number of nitrogens with two attached hydrogens (primary N) is 1. The number of nitrogens with one attached hydrogen (secondary N) is 1. The van der Waals surface area contributed by atoms with Crippen LogP contribution in [-0.2, 0) is 9.53 Å². The second-order valence-electron chi connectivity index (χ2n) is 8.69. The molecule has 1 aliphatic rings. The molecule has 190 valence electrons. The molecule has 0 saturated carbocycles. The Labute approximate surface area is 197 Å². The summed E-state index contributed by atoms with van der Waals surface area (Å²) in [4.78, 5) is 28.3. The minimum atomic E-state index is -4.90. The zero-order valence-corrected chi connectivity index (χ0v) is 19.2. The molecule has 1 aliphatic heterocycles. The zero-order valence-electron chi connectivity index (χ0n) is 19.2. The largest absolute Gasteiger partial charge is 0.488 e. The van der Waals surface area contributed by atoms with Gasteiger partial charge >= 0.3 is 6.18 Å². The maximum absolute atomic E-state index is 14.7. The lowest BCUT2D eigenvalue weighted by Crippen LogP contribution is -2.47. The molecular formula is C23H24F5N3O4. The third-order valence-corrected chi connectivity index (χ3v) is 6.00. The number of ether oxygens (including phenoxy) is 2. The minimum Gasteiger partial charge on any atom is -0.488 e. The first-order chi connectivity index (χ1) is 16.2. The second-order valence-corrected chi connectivity index (χ2v) is 8.69. The average Bonchev–Trinajstić information content (AvgIpc) is 3.04. The van der Waals surface area contributed by atoms with Gasteiger partial charge < -0.3 is 20.5 Å². The first-order valence-electron chi connectivity index (χ1n) is 10.6. The lowest BCUT2D eigenvalue weighted by molar-refractivity contribution is -0.272. The summed E-state index contributed by atoms with van der Waals surface area (Å²) < 4.78 is 81.6. The molecule has 0 radical (unpaired) electrons. The molecule has 3 N–H and O–H groups in total. The van der Waals surface area contributed by atoms with E-state index in [1.807, 2.05) is 0 Å². The molecule has 1 aromatic carbocycles. The number of carbonyl (C=O) groups excluding carboxylic acids is 2. The van der Waals surface area contributed by atoms with Crippen molar-refractivity contribution in [2.75, 3.05) is 5.32 Å². The van der Waals surface area contributed by atoms with Gasteiger partial charge in [0.1, 0.15) is 11.8 Å². The van der Waals surface area contributed by atoms with Gasteiger partial charge in [0.15, 0.2) is 17.2 Å². The molecule has 7 nitrogen and oxygen atoms in total. The van der Waals surface area contributed by atoms with Crippen LogP contribution in [-0.4, -0.2) is 40.8 Å². The number of primary amides is 1. The SMILES string of the molecule is CC(C)Oc1c([C@@H]2[C@@H](C(=O)Nc3ccnc(C(N)=O)c3)O[C@@](C)(C(F)(F)F)[C@@H]2C)ccc(F)c1F. The van der Waals surface area contributed by atoms with Gasteiger partial charge in [-0.1, -0.05) is 13.0 Å². The van der Waals surface area contributed by atoms with Gasteiger partial charge in [0.25, 0.3) is 11.8 Å². The summed E-state index contributed by atoms with van der Waals surface area (Å²) >= 11 is 0. The molecule has 12 heteroatoms. The fourth-order valence-corrected chi connectivity index (χ4v) is 4.04. The molecule has 0 aliphatic carbocycles. The summed E-state index contributed by atoms with van der Waals surface area (Å²) in [7, 11) is 0. The molecule has 1 aromatic heterocycles. The van der Waals surface area contributed by atoms with Crippen molar-refractivity contribution in [3.63, 3.8) is 0 Å². The van der Waals surface area contributed by atoms with E-state index in [0.29, 0.717) is 0 Å². The highest BCUT2D eigenvalue weighted by molar-refractivity contribution is 5.97. The highest BCUT2D eigenvalue weighted by atomic mass is 19.4. The number of hydrogen-bond acceptors (Lipinski definition) is 5. The summed E-state index contributed by atoms with van der Waals surface area (Å²) in [5.74, 6) is -7.90. The van der Waals surface area contributed by atoms with Crippen LogP contribution < -0.4 is 15.8 Å². The number of rotatable bonds is 6. The van der Waals surface area contributed by atoms with Crippen molar-refractivity contribution >= 4 is 17.5 Å². The van der Waals surface area contributed by atoms with Crippen molar-refractivity contribution in [2.45, 2.75) is 57.6 Å². The van der Waals surface area contributed by atoms with Crippen LogP contribution in [0.25, 0.3) is 0 Å². The zero-order chi connectivity index (χ0) is 26.3. The van der Waals surface area contributed by atoms with Gasteiger partial charge in [0, 0.05) is 29.3 Å². The van der Waals surface area contributed by atoms with E-state index in [1.54, 1.807) is 0 Å². The summed E-state index contributed by atoms with van der Waals surface area (Å²) in [6.07, 6.45) is -6.14. The fourth-order valence-electron chi connectivity index (χ4n) is 4.04. The van der Waals surface area contributed by atoms with Crippen LogP contribution in [0.3, 0.4) is 0 Å². The van der Waals surface area contributed by atoms with Gasteiger partial charge in [-0.2, -0.15) is 17.6 Å². The predicted molar refractivity (Wildman–Crippen MR) is 115 cm³/mol. The Bertz CT molecular complexity index is 1140. The van der Waals surface area contributed by atoms with Crippen LogP contribution in [0.15, 0.2) is 30.5 Å². The van der Waals surface area contributed by atoms with Gasteiger partial charge in [-0.05, 0) is 39.0 Å². The quantitative estimate of drug-likeness (QED) is 0.574. The van der Waals surface area contributed by atoms with E-state index in [0.717, 1.165) is 25.1 Å². The standard InChI is InChI=1S/C23H24F5N3O4/c1-10(2)34-18-13(5-6-14(24)17(18)25)16-11(3)22(4,23(26,27)28)35-19(16)21(33)31-12-7-8-30-15(9-12)20(29)32/h5-11,16,19H,1-4H3,(H2,29,32)(H,30,31,33)/t11-,16-,19+,22-/m1/s1. The molecule has 4 atom stereocenters. The van der Waals surface area contributed by atoms with Crippen LogP contribution in [0.2, 0.25) is 0 Å². The summed E-state index contributed by atoms with van der Waals surface area (Å²) in [5.41, 5.74) is 2.07. The maximum atomic E-state index is 14.7. The minimum absolute atomic E-state index is 0.0263. The van der Waals surface area contributed by atoms with Crippen molar-refractivity contribution in [3.8, 4) is 5.75 Å². The summed E-state index contributed by atoms with van der Waals surface area (Å²) in [6.45, 7) is 5.07. The Morgan fingerprint density at radius 1 is 1.23 bits per heavy atom. The second kappa shape index (κ2) is 9.40. The number of alkyl halides is 3. The Morgan fingerprint density at radius 2 is 1.89 bits per heavy atom. The third-order valence-electron chi connectivity index (χ3n) is 6.00. The first-order valence-corrected chi connectivity index (χ1v) is 10.6. The first kappa shape index (κ1) is 26.3. The number of halogens is 5. The fraction of sp³-hybridized carbons (Fsp3) is 0.435. The lowest BCUT2D eigenvalue weighted by atomic mass is 9.77. The molecule has 0 unspecified atom stereocenters. The van der Waals surface area contributed by atoms with Crippen LogP contribution in [0.4, 0.5) is 27.6 Å². The maximum Gasteiger partial charge on any atom is 0.417 e. The Morgan fingerprint density at radius 3 is 2.46 bits per heavy atom. The van der Waals surface area contributed by atoms with E-state index in [2.05, 4.69) is 10.3 Å². The van der Waals surface area contributed by atoms with Crippen molar-refractivity contribution in [1.29, 1.82) is 0 Å². The van der Waals surface area contributed by atoms with Crippen molar-refractivity contribution in [3.05, 3.63) is 53.4 Å². The van der Waals surface area contributed by atoms with E-state index < -0.39 is 65.0 Å².